The van der Waals surface area contributed by atoms with Crippen LogP contribution in [-0.4, -0.2) is 68.5 Å². The monoisotopic (exact) mass is 688 g/mol. The zero-order valence-electron chi connectivity index (χ0n) is 27.0. The zero-order valence-corrected chi connectivity index (χ0v) is 28.6. The van der Waals surface area contributed by atoms with Crippen molar-refractivity contribution in [2.75, 3.05) is 50.0 Å². The number of amides is 1. The number of benzene rings is 2. The van der Waals surface area contributed by atoms with Crippen LogP contribution in [0.3, 0.4) is 0 Å². The molecule has 47 heavy (non-hydrogen) atoms. The molecule has 1 saturated heterocycles. The van der Waals surface area contributed by atoms with Gasteiger partial charge in [0.15, 0.2) is 0 Å². The molecule has 6 rings (SSSR count). The lowest BCUT2D eigenvalue weighted by atomic mass is 9.70. The number of aryl methyl sites for hydroxylation is 1. The summed E-state index contributed by atoms with van der Waals surface area (Å²) < 4.78 is 55.8. The van der Waals surface area contributed by atoms with Gasteiger partial charge in [-0.05, 0) is 91.8 Å². The van der Waals surface area contributed by atoms with Crippen LogP contribution in [0.4, 0.5) is 14.5 Å². The lowest BCUT2D eigenvalue weighted by Gasteiger charge is -2.44. The Morgan fingerprint density at radius 3 is 2.74 bits per heavy atom. The largest absolute Gasteiger partial charge is 0.491 e. The molecule has 2 bridgehead atoms. The number of hydrogen-bond acceptors (Lipinski definition) is 7. The van der Waals surface area contributed by atoms with Gasteiger partial charge in [0, 0.05) is 49.2 Å². The lowest BCUT2D eigenvalue weighted by molar-refractivity contribution is -0.0553. The maximum atomic E-state index is 13.3. The molecule has 2 aromatic rings. The molecule has 0 N–H and O–H groups in total. The van der Waals surface area contributed by atoms with Crippen LogP contribution in [0, 0.1) is 23.7 Å². The van der Waals surface area contributed by atoms with E-state index in [2.05, 4.69) is 33.5 Å². The van der Waals surface area contributed by atoms with Gasteiger partial charge in [-0.1, -0.05) is 48.4 Å². The van der Waals surface area contributed by atoms with Crippen LogP contribution in [0.5, 0.6) is 5.75 Å². The van der Waals surface area contributed by atoms with Gasteiger partial charge in [0.05, 0.1) is 25.0 Å². The molecule has 4 aliphatic rings. The molecule has 0 spiro atoms. The highest BCUT2D eigenvalue weighted by atomic mass is 35.5. The molecule has 0 aromatic heterocycles. The average Bonchev–Trinajstić information content (AvgIpc) is 3.02. The summed E-state index contributed by atoms with van der Waals surface area (Å²) >= 11 is 6.44. The van der Waals surface area contributed by atoms with Crippen molar-refractivity contribution >= 4 is 33.8 Å². The van der Waals surface area contributed by atoms with E-state index in [0.717, 1.165) is 50.1 Å². The van der Waals surface area contributed by atoms with E-state index >= 15 is 0 Å². The van der Waals surface area contributed by atoms with E-state index in [1.807, 2.05) is 30.0 Å². The van der Waals surface area contributed by atoms with E-state index in [1.54, 1.807) is 6.07 Å². The molecule has 3 heterocycles. The molecule has 11 heteroatoms. The first-order valence-electron chi connectivity index (χ1n) is 17.0. The Hall–Kier alpha value is -2.53. The Kier molecular flexibility index (Phi) is 11.5. The van der Waals surface area contributed by atoms with Crippen molar-refractivity contribution in [3.8, 4) is 5.75 Å². The number of halogens is 3. The van der Waals surface area contributed by atoms with Crippen LogP contribution >= 0.6 is 11.6 Å². The van der Waals surface area contributed by atoms with Gasteiger partial charge >= 0.3 is 0 Å². The van der Waals surface area contributed by atoms with E-state index in [0.29, 0.717) is 62.3 Å². The fraction of sp³-hybridized carbons (Fsp3) is 0.583. The zero-order chi connectivity index (χ0) is 32.9. The van der Waals surface area contributed by atoms with Crippen molar-refractivity contribution in [3.63, 3.8) is 0 Å². The first kappa shape index (κ1) is 34.3. The van der Waals surface area contributed by atoms with E-state index in [1.165, 1.54) is 11.1 Å². The van der Waals surface area contributed by atoms with Crippen LogP contribution in [0.1, 0.15) is 60.5 Å². The molecule has 1 aliphatic carbocycles. The summed E-state index contributed by atoms with van der Waals surface area (Å²) in [4.78, 5) is 17.6. The standard InChI is InChI=1S/C36H45ClF2N3O4S/c1-24-5-4-7-33(46-16-14-41-19-29(20-41)35(38)39)31-12-9-28(31)22-42-21-27-8-11-30(37)17-25(27)6-2-3-15-45-34-13-10-26(18-32(34)42)36(43)40-47(44)23-24/h4,7-8,10-11,13,17-18,24,28-29,31,33,35H,2-3,5-6,9,12,14-16,19-23H2,1H3/q-1/b7-4+/t24-,28-,31+,33-/m0/s1. The number of hydrogen-bond donors (Lipinski definition) is 0. The molecule has 1 saturated carbocycles. The third kappa shape index (κ3) is 8.74. The molecular formula is C36H45ClF2N3O4S-. The van der Waals surface area contributed by atoms with Crippen LogP contribution in [0.15, 0.2) is 52.9 Å². The predicted octanol–water partition coefficient (Wildman–Crippen LogP) is 7.55. The highest BCUT2D eigenvalue weighted by Gasteiger charge is 2.39. The molecule has 4 atom stereocenters. The highest BCUT2D eigenvalue weighted by molar-refractivity contribution is 7.75. The van der Waals surface area contributed by atoms with Crippen molar-refractivity contribution in [2.45, 2.75) is 64.5 Å². The number of rotatable bonds is 5. The van der Waals surface area contributed by atoms with Crippen molar-refractivity contribution < 1.29 is 27.3 Å². The minimum atomic E-state index is -2.27. The summed E-state index contributed by atoms with van der Waals surface area (Å²) in [5.74, 6) is 0.647. The second-order valence-corrected chi connectivity index (χ2v) is 15.2. The van der Waals surface area contributed by atoms with E-state index in [4.69, 9.17) is 21.1 Å². The number of carbonyl (C=O) groups is 1. The number of carbonyl (C=O) groups excluding carboxylic acids is 1. The smallest absolute Gasteiger partial charge is 0.254 e. The summed E-state index contributed by atoms with van der Waals surface area (Å²) in [7, 11) is -1.66. The maximum absolute atomic E-state index is 13.3. The second-order valence-electron chi connectivity index (χ2n) is 13.6. The Labute approximate surface area is 283 Å². The summed E-state index contributed by atoms with van der Waals surface area (Å²) in [6, 6.07) is 11.5. The molecule has 3 aliphatic heterocycles. The summed E-state index contributed by atoms with van der Waals surface area (Å²) in [6.45, 7) is 5.86. The number of likely N-dealkylation sites (tertiary alicyclic amines) is 1. The Bertz CT molecular complexity index is 1530. The van der Waals surface area contributed by atoms with Gasteiger partial charge in [0.25, 0.3) is 5.91 Å². The summed E-state index contributed by atoms with van der Waals surface area (Å²) in [6.07, 6.45) is 7.38. The topological polar surface area (TPSA) is 71.4 Å². The molecule has 0 radical (unpaired) electrons. The molecule has 7 nitrogen and oxygen atoms in total. The van der Waals surface area contributed by atoms with Crippen molar-refractivity contribution in [2.24, 2.45) is 28.0 Å². The van der Waals surface area contributed by atoms with Gasteiger partial charge in [-0.25, -0.2) is 8.78 Å². The Morgan fingerprint density at radius 1 is 1.11 bits per heavy atom. The lowest BCUT2D eigenvalue weighted by Crippen LogP contribution is -2.51. The number of anilines is 1. The normalized spacial score (nSPS) is 27.3. The molecule has 2 aromatic carbocycles. The molecule has 2 fully saturated rings. The van der Waals surface area contributed by atoms with Crippen molar-refractivity contribution in [3.05, 3.63) is 70.3 Å². The summed E-state index contributed by atoms with van der Waals surface area (Å²) in [5, 5.41) is 0.717. The molecular weight excluding hydrogens is 644 g/mol. The number of nitrogens with zero attached hydrogens (tertiary/aromatic N) is 3. The van der Waals surface area contributed by atoms with Gasteiger partial charge in [-0.2, -0.15) is 10.6 Å². The Morgan fingerprint density at radius 2 is 1.96 bits per heavy atom. The quantitative estimate of drug-likeness (QED) is 0.239. The molecule has 256 valence electrons. The molecule has 1 amide bonds. The third-order valence-electron chi connectivity index (χ3n) is 10.1. The number of ether oxygens (including phenoxy) is 2. The number of alkyl halides is 2. The minimum absolute atomic E-state index is 0.0617. The number of fused-ring (bicyclic) bond motifs is 3. The highest BCUT2D eigenvalue weighted by Crippen LogP contribution is 2.42. The van der Waals surface area contributed by atoms with Gasteiger partial charge in [0.2, 0.25) is 6.43 Å². The fourth-order valence-corrected chi connectivity index (χ4v) is 8.30. The fourth-order valence-electron chi connectivity index (χ4n) is 7.12. The predicted molar refractivity (Wildman–Crippen MR) is 182 cm³/mol. The van der Waals surface area contributed by atoms with E-state index in [9.17, 15) is 17.8 Å². The Balaban J connectivity index is 1.31. The van der Waals surface area contributed by atoms with Crippen LogP contribution in [-0.2, 0) is 32.5 Å². The first-order valence-corrected chi connectivity index (χ1v) is 18.6. The third-order valence-corrected chi connectivity index (χ3v) is 11.5. The van der Waals surface area contributed by atoms with E-state index in [-0.39, 0.29) is 23.7 Å². The van der Waals surface area contributed by atoms with Gasteiger partial charge < -0.3 is 22.9 Å². The van der Waals surface area contributed by atoms with E-state index < -0.39 is 28.8 Å². The average molecular weight is 689 g/mol. The van der Waals surface area contributed by atoms with Crippen LogP contribution in [0.25, 0.3) is 0 Å². The van der Waals surface area contributed by atoms with Gasteiger partial charge in [-0.3, -0.25) is 9.69 Å². The van der Waals surface area contributed by atoms with Crippen LogP contribution < -0.4 is 9.64 Å². The molecule has 0 unspecified atom stereocenters. The van der Waals surface area contributed by atoms with Gasteiger partial charge in [-0.15, -0.1) is 0 Å². The minimum Gasteiger partial charge on any atom is -0.491 e. The van der Waals surface area contributed by atoms with Gasteiger partial charge in [0.1, 0.15) is 5.75 Å². The first-order chi connectivity index (χ1) is 22.7. The second kappa shape index (κ2) is 15.8. The maximum Gasteiger partial charge on any atom is 0.254 e. The SMILES string of the molecule is C[C@H]1C/C=C/[C@H](OCCN2CC(C(F)F)C2)[C@@H]2CC[C@H]2CN2Cc3ccc(Cl)cc3CCCCOc3ccc(cc32)C(=O)N=[S-](=O)C1. The van der Waals surface area contributed by atoms with Crippen LogP contribution in [0.2, 0.25) is 5.02 Å². The number of allylic oxidation sites excluding steroid dienone is 1. The van der Waals surface area contributed by atoms with Crippen molar-refractivity contribution in [1.82, 2.24) is 4.90 Å². The summed E-state index contributed by atoms with van der Waals surface area (Å²) in [5.41, 5.74) is 3.62. The van der Waals surface area contributed by atoms with Crippen molar-refractivity contribution in [1.29, 1.82) is 0 Å².